The molecule has 0 radical (unpaired) electrons. The molecule has 1 fully saturated rings. The molecular formula is C13H24N2O4. The molecule has 110 valence electrons. The molecule has 1 heterocycles. The van der Waals surface area contributed by atoms with Crippen molar-refractivity contribution in [3.63, 3.8) is 0 Å². The van der Waals surface area contributed by atoms with Crippen molar-refractivity contribution in [1.82, 2.24) is 5.32 Å². The van der Waals surface area contributed by atoms with Gasteiger partial charge in [-0.2, -0.15) is 0 Å². The Hall–Kier alpha value is -1.14. The Morgan fingerprint density at radius 2 is 2.05 bits per heavy atom. The number of hydrogen-bond donors (Lipinski definition) is 3. The van der Waals surface area contributed by atoms with Gasteiger partial charge in [-0.25, -0.2) is 0 Å². The van der Waals surface area contributed by atoms with E-state index in [1.54, 1.807) is 0 Å². The van der Waals surface area contributed by atoms with Crippen molar-refractivity contribution in [1.29, 1.82) is 0 Å². The maximum absolute atomic E-state index is 12.0. The molecule has 4 unspecified atom stereocenters. The lowest BCUT2D eigenvalue weighted by molar-refractivity contribution is -0.142. The molecule has 6 heteroatoms. The number of ether oxygens (including phenoxy) is 1. The van der Waals surface area contributed by atoms with E-state index in [9.17, 15) is 9.59 Å². The summed E-state index contributed by atoms with van der Waals surface area (Å²) in [7, 11) is 0. The topological polar surface area (TPSA) is 102 Å². The van der Waals surface area contributed by atoms with Crippen LogP contribution in [0.3, 0.4) is 0 Å². The number of carbonyl (C=O) groups is 2. The molecule has 0 aromatic heterocycles. The van der Waals surface area contributed by atoms with E-state index in [-0.39, 0.29) is 31.1 Å². The van der Waals surface area contributed by atoms with E-state index in [1.165, 1.54) is 0 Å². The maximum Gasteiger partial charge on any atom is 0.311 e. The zero-order valence-electron chi connectivity index (χ0n) is 11.6. The summed E-state index contributed by atoms with van der Waals surface area (Å²) in [5, 5.41) is 11.8. The monoisotopic (exact) mass is 272 g/mol. The second kappa shape index (κ2) is 7.45. The van der Waals surface area contributed by atoms with Gasteiger partial charge in [0.05, 0.1) is 19.3 Å². The molecule has 1 aliphatic heterocycles. The average molecular weight is 272 g/mol. The third-order valence-corrected chi connectivity index (χ3v) is 3.47. The maximum atomic E-state index is 12.0. The molecule has 4 N–H and O–H groups in total. The number of hydrogen-bond acceptors (Lipinski definition) is 4. The van der Waals surface area contributed by atoms with Crippen LogP contribution in [-0.2, 0) is 14.3 Å². The number of carbonyl (C=O) groups excluding carboxylic acids is 1. The van der Waals surface area contributed by atoms with Crippen LogP contribution in [0.2, 0.25) is 0 Å². The summed E-state index contributed by atoms with van der Waals surface area (Å²) in [5.74, 6) is -1.80. The molecule has 4 atom stereocenters. The zero-order chi connectivity index (χ0) is 14.4. The van der Waals surface area contributed by atoms with Gasteiger partial charge >= 0.3 is 5.97 Å². The number of rotatable bonds is 7. The molecule has 0 aliphatic carbocycles. The number of carboxylic acids is 1. The van der Waals surface area contributed by atoms with E-state index in [4.69, 9.17) is 15.6 Å². The highest BCUT2D eigenvalue weighted by Gasteiger charge is 2.35. The normalized spacial score (nSPS) is 25.8. The summed E-state index contributed by atoms with van der Waals surface area (Å²) in [6.45, 7) is 4.23. The lowest BCUT2D eigenvalue weighted by atomic mass is 9.99. The van der Waals surface area contributed by atoms with E-state index >= 15 is 0 Å². The quantitative estimate of drug-likeness (QED) is 0.621. The second-order valence-corrected chi connectivity index (χ2v) is 5.41. The molecule has 0 bridgehead atoms. The highest BCUT2D eigenvalue weighted by atomic mass is 16.5. The molecule has 1 aliphatic rings. The SMILES string of the molecule is CC(N)CCCC(C)C(=O)NC1COCC1C(=O)O. The molecule has 0 saturated carbocycles. The average Bonchev–Trinajstić information content (AvgIpc) is 2.76. The van der Waals surface area contributed by atoms with Crippen molar-refractivity contribution in [2.75, 3.05) is 13.2 Å². The summed E-state index contributed by atoms with van der Waals surface area (Å²) < 4.78 is 5.11. The van der Waals surface area contributed by atoms with Crippen molar-refractivity contribution in [2.24, 2.45) is 17.6 Å². The molecule has 6 nitrogen and oxygen atoms in total. The van der Waals surface area contributed by atoms with E-state index in [1.807, 2.05) is 13.8 Å². The van der Waals surface area contributed by atoms with Crippen molar-refractivity contribution < 1.29 is 19.4 Å². The second-order valence-electron chi connectivity index (χ2n) is 5.41. The van der Waals surface area contributed by atoms with Crippen LogP contribution in [0.25, 0.3) is 0 Å². The van der Waals surface area contributed by atoms with Gasteiger partial charge in [0.1, 0.15) is 5.92 Å². The van der Waals surface area contributed by atoms with E-state index in [0.717, 1.165) is 19.3 Å². The highest BCUT2D eigenvalue weighted by molar-refractivity contribution is 5.80. The van der Waals surface area contributed by atoms with Crippen LogP contribution in [0.1, 0.15) is 33.1 Å². The summed E-state index contributed by atoms with van der Waals surface area (Å²) >= 11 is 0. The molecule has 1 amide bonds. The Labute approximate surface area is 113 Å². The van der Waals surface area contributed by atoms with Crippen molar-refractivity contribution in [3.8, 4) is 0 Å². The van der Waals surface area contributed by atoms with Gasteiger partial charge in [-0.05, 0) is 19.8 Å². The summed E-state index contributed by atoms with van der Waals surface area (Å²) in [5.41, 5.74) is 5.66. The van der Waals surface area contributed by atoms with Crippen molar-refractivity contribution >= 4 is 11.9 Å². The van der Waals surface area contributed by atoms with E-state index in [0.29, 0.717) is 0 Å². The molecule has 0 spiro atoms. The minimum atomic E-state index is -0.924. The van der Waals surface area contributed by atoms with Crippen LogP contribution >= 0.6 is 0 Å². The van der Waals surface area contributed by atoms with Gasteiger partial charge in [0, 0.05) is 12.0 Å². The molecule has 0 aromatic carbocycles. The predicted molar refractivity (Wildman–Crippen MR) is 70.5 cm³/mol. The van der Waals surface area contributed by atoms with Gasteiger partial charge in [-0.15, -0.1) is 0 Å². The van der Waals surface area contributed by atoms with Crippen molar-refractivity contribution in [2.45, 2.75) is 45.2 Å². The van der Waals surface area contributed by atoms with E-state index < -0.39 is 17.9 Å². The predicted octanol–water partition coefficient (Wildman–Crippen LogP) is 0.356. The summed E-state index contributed by atoms with van der Waals surface area (Å²) in [4.78, 5) is 22.9. The van der Waals surface area contributed by atoms with Crippen LogP contribution in [0.5, 0.6) is 0 Å². The lowest BCUT2D eigenvalue weighted by Crippen LogP contribution is -2.44. The summed E-state index contributed by atoms with van der Waals surface area (Å²) in [6.07, 6.45) is 2.55. The molecule has 1 rings (SSSR count). The Kier molecular flexibility index (Phi) is 6.24. The fourth-order valence-electron chi connectivity index (χ4n) is 2.14. The summed E-state index contributed by atoms with van der Waals surface area (Å²) in [6, 6.07) is -0.268. The largest absolute Gasteiger partial charge is 0.481 e. The molecule has 19 heavy (non-hydrogen) atoms. The van der Waals surface area contributed by atoms with E-state index in [2.05, 4.69) is 5.32 Å². The van der Waals surface area contributed by atoms with Crippen molar-refractivity contribution in [3.05, 3.63) is 0 Å². The Bertz CT molecular complexity index is 320. The van der Waals surface area contributed by atoms with Crippen LogP contribution in [0, 0.1) is 11.8 Å². The fraction of sp³-hybridized carbons (Fsp3) is 0.846. The van der Waals surface area contributed by atoms with Crippen LogP contribution in [0.15, 0.2) is 0 Å². The number of carboxylic acid groups (broad SMARTS) is 1. The van der Waals surface area contributed by atoms with Gasteiger partial charge in [-0.3, -0.25) is 9.59 Å². The minimum Gasteiger partial charge on any atom is -0.481 e. The highest BCUT2D eigenvalue weighted by Crippen LogP contribution is 2.16. The Morgan fingerprint density at radius 1 is 1.37 bits per heavy atom. The van der Waals surface area contributed by atoms with Crippen LogP contribution in [-0.4, -0.2) is 42.3 Å². The standard InChI is InChI=1S/C13H24N2O4/c1-8(4-3-5-9(2)14)12(16)15-11-7-19-6-10(11)13(17)18/h8-11H,3-7,14H2,1-2H3,(H,15,16)(H,17,18). The first kappa shape index (κ1) is 15.9. The Morgan fingerprint density at radius 3 is 2.63 bits per heavy atom. The first-order valence-corrected chi connectivity index (χ1v) is 6.78. The molecular weight excluding hydrogens is 248 g/mol. The van der Waals surface area contributed by atoms with Gasteiger partial charge in [0.15, 0.2) is 0 Å². The first-order valence-electron chi connectivity index (χ1n) is 6.78. The number of aliphatic carboxylic acids is 1. The number of amides is 1. The third-order valence-electron chi connectivity index (χ3n) is 3.47. The van der Waals surface area contributed by atoms with Crippen LogP contribution < -0.4 is 11.1 Å². The molecule has 1 saturated heterocycles. The van der Waals surface area contributed by atoms with Gasteiger partial charge in [-0.1, -0.05) is 13.3 Å². The minimum absolute atomic E-state index is 0.105. The van der Waals surface area contributed by atoms with Crippen LogP contribution in [0.4, 0.5) is 0 Å². The lowest BCUT2D eigenvalue weighted by Gasteiger charge is -2.19. The first-order chi connectivity index (χ1) is 8.91. The number of nitrogens with two attached hydrogens (primary N) is 1. The molecule has 0 aromatic rings. The van der Waals surface area contributed by atoms with Gasteiger partial charge < -0.3 is 20.9 Å². The Balaban J connectivity index is 2.35. The number of nitrogens with one attached hydrogen (secondary N) is 1. The third kappa shape index (κ3) is 5.16. The van der Waals surface area contributed by atoms with Gasteiger partial charge in [0.25, 0.3) is 0 Å². The zero-order valence-corrected chi connectivity index (χ0v) is 11.6. The van der Waals surface area contributed by atoms with Gasteiger partial charge in [0.2, 0.25) is 5.91 Å². The fourth-order valence-corrected chi connectivity index (χ4v) is 2.14. The smallest absolute Gasteiger partial charge is 0.311 e.